The molecule has 1 unspecified atom stereocenters. The number of carboxylic acid groups (broad SMARTS) is 1. The van der Waals surface area contributed by atoms with Crippen LogP contribution >= 0.6 is 15.9 Å². The summed E-state index contributed by atoms with van der Waals surface area (Å²) in [6.45, 7) is 2.34. The van der Waals surface area contributed by atoms with Gasteiger partial charge in [-0.3, -0.25) is 4.79 Å². The maximum atomic E-state index is 10.3. The van der Waals surface area contributed by atoms with Crippen LogP contribution in [0.15, 0.2) is 22.7 Å². The first kappa shape index (κ1) is 14.0. The highest BCUT2D eigenvalue weighted by Crippen LogP contribution is 2.23. The van der Waals surface area contributed by atoms with Crippen LogP contribution in [0.2, 0.25) is 0 Å². The van der Waals surface area contributed by atoms with Crippen LogP contribution in [0, 0.1) is 6.92 Å². The lowest BCUT2D eigenvalue weighted by Gasteiger charge is -2.13. The SMILES string of the molecule is Cc1ccc(NCC(O)CCC(=O)O)c(Br)c1. The predicted molar refractivity (Wildman–Crippen MR) is 70.2 cm³/mol. The van der Waals surface area contributed by atoms with Gasteiger partial charge in [0.1, 0.15) is 0 Å². The highest BCUT2D eigenvalue weighted by atomic mass is 79.9. The number of hydrogen-bond acceptors (Lipinski definition) is 3. The molecule has 94 valence electrons. The van der Waals surface area contributed by atoms with Crippen molar-refractivity contribution in [1.29, 1.82) is 0 Å². The molecule has 0 saturated carbocycles. The minimum Gasteiger partial charge on any atom is -0.481 e. The number of carboxylic acids is 1. The van der Waals surface area contributed by atoms with E-state index in [1.54, 1.807) is 0 Å². The molecule has 3 N–H and O–H groups in total. The summed E-state index contributed by atoms with van der Waals surface area (Å²) >= 11 is 3.42. The molecule has 0 aliphatic carbocycles. The fourth-order valence-corrected chi connectivity index (χ4v) is 2.02. The predicted octanol–water partition coefficient (Wildman–Crippen LogP) is 2.40. The zero-order valence-corrected chi connectivity index (χ0v) is 11.2. The molecule has 0 aliphatic rings. The maximum absolute atomic E-state index is 10.3. The number of hydrogen-bond donors (Lipinski definition) is 3. The van der Waals surface area contributed by atoms with Gasteiger partial charge in [0.2, 0.25) is 0 Å². The molecule has 0 bridgehead atoms. The third-order valence-electron chi connectivity index (χ3n) is 2.34. The highest BCUT2D eigenvalue weighted by molar-refractivity contribution is 9.10. The average molecular weight is 302 g/mol. The largest absolute Gasteiger partial charge is 0.481 e. The third-order valence-corrected chi connectivity index (χ3v) is 3.00. The van der Waals surface area contributed by atoms with Gasteiger partial charge in [-0.25, -0.2) is 0 Å². The summed E-state index contributed by atoms with van der Waals surface area (Å²) in [5, 5.41) is 21.1. The molecule has 0 aliphatic heterocycles. The lowest BCUT2D eigenvalue weighted by molar-refractivity contribution is -0.137. The Hall–Kier alpha value is -1.07. The van der Waals surface area contributed by atoms with Crippen LogP contribution in [-0.2, 0) is 4.79 Å². The standard InChI is InChI=1S/C12H16BrNO3/c1-8-2-4-11(10(13)6-8)14-7-9(15)3-5-12(16)17/h2,4,6,9,14-15H,3,5,7H2,1H3,(H,16,17). The Balaban J connectivity index is 2.41. The van der Waals surface area contributed by atoms with Crippen molar-refractivity contribution < 1.29 is 15.0 Å². The molecule has 0 heterocycles. The molecule has 0 radical (unpaired) electrons. The normalized spacial score (nSPS) is 12.2. The molecule has 0 aromatic heterocycles. The van der Waals surface area contributed by atoms with Crippen molar-refractivity contribution in [3.8, 4) is 0 Å². The molecular formula is C12H16BrNO3. The molecule has 1 aromatic carbocycles. The lowest BCUT2D eigenvalue weighted by atomic mass is 10.2. The second-order valence-electron chi connectivity index (χ2n) is 3.95. The minimum absolute atomic E-state index is 0.0160. The van der Waals surface area contributed by atoms with Gasteiger partial charge in [-0.15, -0.1) is 0 Å². The first-order chi connectivity index (χ1) is 7.99. The summed E-state index contributed by atoms with van der Waals surface area (Å²) in [5.74, 6) is -0.888. The van der Waals surface area contributed by atoms with Crippen LogP contribution < -0.4 is 5.32 Å². The van der Waals surface area contributed by atoms with Crippen molar-refractivity contribution in [2.24, 2.45) is 0 Å². The topological polar surface area (TPSA) is 69.6 Å². The molecule has 0 saturated heterocycles. The van der Waals surface area contributed by atoms with E-state index in [0.29, 0.717) is 6.54 Å². The Bertz CT molecular complexity index is 395. The number of aryl methyl sites for hydroxylation is 1. The number of halogens is 1. The fraction of sp³-hybridized carbons (Fsp3) is 0.417. The van der Waals surface area contributed by atoms with Gasteiger partial charge in [-0.05, 0) is 47.0 Å². The van der Waals surface area contributed by atoms with Crippen molar-refractivity contribution in [1.82, 2.24) is 0 Å². The van der Waals surface area contributed by atoms with Crippen LogP contribution in [0.3, 0.4) is 0 Å². The molecule has 5 heteroatoms. The number of aliphatic carboxylic acids is 1. The van der Waals surface area contributed by atoms with Crippen molar-refractivity contribution in [2.75, 3.05) is 11.9 Å². The van der Waals surface area contributed by atoms with Crippen molar-refractivity contribution in [3.63, 3.8) is 0 Å². The number of nitrogens with one attached hydrogen (secondary N) is 1. The van der Waals surface area contributed by atoms with Crippen LogP contribution in [-0.4, -0.2) is 28.8 Å². The quantitative estimate of drug-likeness (QED) is 0.754. The molecule has 0 amide bonds. The number of benzene rings is 1. The summed E-state index contributed by atoms with van der Waals surface area (Å²) in [5.41, 5.74) is 2.04. The highest BCUT2D eigenvalue weighted by Gasteiger charge is 2.08. The lowest BCUT2D eigenvalue weighted by Crippen LogP contribution is -2.20. The summed E-state index contributed by atoms with van der Waals surface area (Å²) in [6, 6.07) is 5.87. The van der Waals surface area contributed by atoms with E-state index < -0.39 is 12.1 Å². The number of aliphatic hydroxyl groups excluding tert-OH is 1. The Morgan fingerprint density at radius 2 is 2.24 bits per heavy atom. The number of carbonyl (C=O) groups is 1. The minimum atomic E-state index is -0.888. The molecule has 0 fully saturated rings. The molecule has 4 nitrogen and oxygen atoms in total. The zero-order chi connectivity index (χ0) is 12.8. The van der Waals surface area contributed by atoms with Gasteiger partial charge >= 0.3 is 5.97 Å². The summed E-state index contributed by atoms with van der Waals surface area (Å²) in [6.07, 6.45) is -0.414. The van der Waals surface area contributed by atoms with E-state index in [1.807, 2.05) is 25.1 Å². The Kier molecular flexibility index (Phi) is 5.44. The third kappa shape index (κ3) is 5.19. The first-order valence-corrected chi connectivity index (χ1v) is 6.18. The van der Waals surface area contributed by atoms with E-state index in [4.69, 9.17) is 5.11 Å². The maximum Gasteiger partial charge on any atom is 0.303 e. The fourth-order valence-electron chi connectivity index (χ4n) is 1.38. The van der Waals surface area contributed by atoms with Crippen molar-refractivity contribution >= 4 is 27.6 Å². The molecule has 1 atom stereocenters. The van der Waals surface area contributed by atoms with Crippen LogP contribution in [0.25, 0.3) is 0 Å². The van der Waals surface area contributed by atoms with Crippen LogP contribution in [0.1, 0.15) is 18.4 Å². The van der Waals surface area contributed by atoms with E-state index in [-0.39, 0.29) is 12.8 Å². The monoisotopic (exact) mass is 301 g/mol. The smallest absolute Gasteiger partial charge is 0.303 e. The molecule has 0 spiro atoms. The summed E-state index contributed by atoms with van der Waals surface area (Å²) < 4.78 is 0.933. The van der Waals surface area contributed by atoms with E-state index >= 15 is 0 Å². The number of anilines is 1. The molecule has 1 rings (SSSR count). The van der Waals surface area contributed by atoms with Crippen molar-refractivity contribution in [2.45, 2.75) is 25.9 Å². The van der Waals surface area contributed by atoms with Crippen molar-refractivity contribution in [3.05, 3.63) is 28.2 Å². The Labute approximate surface area is 109 Å². The second-order valence-corrected chi connectivity index (χ2v) is 4.80. The van der Waals surface area contributed by atoms with E-state index in [2.05, 4.69) is 21.2 Å². The van der Waals surface area contributed by atoms with Crippen LogP contribution in [0.5, 0.6) is 0 Å². The van der Waals surface area contributed by atoms with Crippen LogP contribution in [0.4, 0.5) is 5.69 Å². The van der Waals surface area contributed by atoms with E-state index in [1.165, 1.54) is 0 Å². The first-order valence-electron chi connectivity index (χ1n) is 5.39. The molecular weight excluding hydrogens is 286 g/mol. The number of rotatable bonds is 6. The summed E-state index contributed by atoms with van der Waals surface area (Å²) in [7, 11) is 0. The van der Waals surface area contributed by atoms with Gasteiger partial charge in [-0.1, -0.05) is 6.07 Å². The van der Waals surface area contributed by atoms with Gasteiger partial charge in [-0.2, -0.15) is 0 Å². The van der Waals surface area contributed by atoms with E-state index in [9.17, 15) is 9.90 Å². The Morgan fingerprint density at radius 1 is 1.53 bits per heavy atom. The number of aliphatic hydroxyl groups is 1. The molecule has 17 heavy (non-hydrogen) atoms. The average Bonchev–Trinajstić information content (AvgIpc) is 2.25. The Morgan fingerprint density at radius 3 is 2.82 bits per heavy atom. The van der Waals surface area contributed by atoms with Gasteiger partial charge < -0.3 is 15.5 Å². The van der Waals surface area contributed by atoms with Gasteiger partial charge in [0.15, 0.2) is 0 Å². The molecule has 1 aromatic rings. The van der Waals surface area contributed by atoms with Gasteiger partial charge in [0.25, 0.3) is 0 Å². The van der Waals surface area contributed by atoms with Gasteiger partial charge in [0.05, 0.1) is 6.10 Å². The second kappa shape index (κ2) is 6.61. The summed E-state index contributed by atoms with van der Waals surface area (Å²) in [4.78, 5) is 10.3. The van der Waals surface area contributed by atoms with E-state index in [0.717, 1.165) is 15.7 Å². The zero-order valence-electron chi connectivity index (χ0n) is 9.61. The van der Waals surface area contributed by atoms with Gasteiger partial charge in [0, 0.05) is 23.1 Å².